The average molecular weight is 214 g/mol. The smallest absolute Gasteiger partial charge is 0.237 e. The number of nitrogens with two attached hydrogens (primary N) is 1. The molecule has 3 heteroatoms. The summed E-state index contributed by atoms with van der Waals surface area (Å²) >= 11 is 0. The van der Waals surface area contributed by atoms with Gasteiger partial charge in [-0.3, -0.25) is 4.79 Å². The van der Waals surface area contributed by atoms with Crippen molar-refractivity contribution in [3.63, 3.8) is 0 Å². The molecule has 0 aromatic heterocycles. The van der Waals surface area contributed by atoms with Crippen LogP contribution in [0.15, 0.2) is 0 Å². The molecule has 0 fully saturated rings. The standard InChI is InChI=1S/C12H26N2O/c1-6-9(4)7-10(5)14-12(15)11(13)8(2)3/h8-11H,6-7,13H2,1-5H3,(H,14,15)/t9?,10?,11-/m1/s1. The van der Waals surface area contributed by atoms with E-state index in [1.165, 1.54) is 0 Å². The zero-order valence-electron chi connectivity index (χ0n) is 10.7. The number of rotatable bonds is 6. The Morgan fingerprint density at radius 3 is 2.20 bits per heavy atom. The maximum absolute atomic E-state index is 11.6. The Morgan fingerprint density at radius 1 is 1.27 bits per heavy atom. The van der Waals surface area contributed by atoms with Gasteiger partial charge in [0.1, 0.15) is 0 Å². The summed E-state index contributed by atoms with van der Waals surface area (Å²) in [6.45, 7) is 10.3. The summed E-state index contributed by atoms with van der Waals surface area (Å²) < 4.78 is 0. The van der Waals surface area contributed by atoms with E-state index < -0.39 is 0 Å². The lowest BCUT2D eigenvalue weighted by molar-refractivity contribution is -0.123. The van der Waals surface area contributed by atoms with Crippen molar-refractivity contribution in [1.29, 1.82) is 0 Å². The Hall–Kier alpha value is -0.570. The molecule has 15 heavy (non-hydrogen) atoms. The van der Waals surface area contributed by atoms with Gasteiger partial charge in [-0.15, -0.1) is 0 Å². The van der Waals surface area contributed by atoms with Crippen LogP contribution in [0, 0.1) is 11.8 Å². The molecule has 0 aliphatic rings. The predicted octanol–water partition coefficient (Wildman–Crippen LogP) is 1.91. The third kappa shape index (κ3) is 5.78. The highest BCUT2D eigenvalue weighted by Crippen LogP contribution is 2.09. The van der Waals surface area contributed by atoms with E-state index in [4.69, 9.17) is 5.73 Å². The summed E-state index contributed by atoms with van der Waals surface area (Å²) in [5.74, 6) is 0.817. The number of carbonyl (C=O) groups is 1. The van der Waals surface area contributed by atoms with Crippen LogP contribution in [0.25, 0.3) is 0 Å². The number of hydrogen-bond acceptors (Lipinski definition) is 2. The number of amides is 1. The second kappa shape index (κ2) is 6.83. The highest BCUT2D eigenvalue weighted by atomic mass is 16.2. The van der Waals surface area contributed by atoms with Crippen molar-refractivity contribution >= 4 is 5.91 Å². The van der Waals surface area contributed by atoms with Gasteiger partial charge in [-0.2, -0.15) is 0 Å². The van der Waals surface area contributed by atoms with Crippen molar-refractivity contribution in [2.75, 3.05) is 0 Å². The maximum atomic E-state index is 11.6. The second-order valence-corrected chi connectivity index (χ2v) is 4.93. The van der Waals surface area contributed by atoms with Crippen molar-refractivity contribution in [1.82, 2.24) is 5.32 Å². The van der Waals surface area contributed by atoms with Crippen LogP contribution in [-0.4, -0.2) is 18.0 Å². The average Bonchev–Trinajstić information content (AvgIpc) is 2.15. The third-order valence-corrected chi connectivity index (χ3v) is 2.86. The van der Waals surface area contributed by atoms with E-state index in [2.05, 4.69) is 19.2 Å². The first-order valence-electron chi connectivity index (χ1n) is 5.94. The second-order valence-electron chi connectivity index (χ2n) is 4.93. The zero-order chi connectivity index (χ0) is 12.0. The van der Waals surface area contributed by atoms with Gasteiger partial charge in [0.05, 0.1) is 6.04 Å². The first-order chi connectivity index (χ1) is 6.88. The summed E-state index contributed by atoms with van der Waals surface area (Å²) in [5, 5.41) is 2.96. The normalized spacial score (nSPS) is 17.3. The molecule has 0 radical (unpaired) electrons. The van der Waals surface area contributed by atoms with Crippen LogP contribution in [0.1, 0.15) is 47.5 Å². The molecule has 0 aromatic rings. The third-order valence-electron chi connectivity index (χ3n) is 2.86. The van der Waals surface area contributed by atoms with Crippen LogP contribution >= 0.6 is 0 Å². The van der Waals surface area contributed by atoms with Crippen LogP contribution in [-0.2, 0) is 4.79 Å². The molecule has 0 heterocycles. The Morgan fingerprint density at radius 2 is 1.80 bits per heavy atom. The summed E-state index contributed by atoms with van der Waals surface area (Å²) in [4.78, 5) is 11.6. The molecule has 0 aliphatic carbocycles. The molecule has 0 aliphatic heterocycles. The van der Waals surface area contributed by atoms with Gasteiger partial charge < -0.3 is 11.1 Å². The van der Waals surface area contributed by atoms with Crippen LogP contribution in [0.2, 0.25) is 0 Å². The molecule has 0 saturated carbocycles. The lowest BCUT2D eigenvalue weighted by atomic mass is 9.99. The summed E-state index contributed by atoms with van der Waals surface area (Å²) in [6, 6.07) is -0.165. The van der Waals surface area contributed by atoms with Crippen LogP contribution in [0.5, 0.6) is 0 Å². The lowest BCUT2D eigenvalue weighted by Crippen LogP contribution is -2.47. The van der Waals surface area contributed by atoms with Crippen molar-refractivity contribution in [3.8, 4) is 0 Å². The SMILES string of the molecule is CCC(C)CC(C)NC(=O)[C@H](N)C(C)C. The van der Waals surface area contributed by atoms with Gasteiger partial charge in [-0.25, -0.2) is 0 Å². The number of nitrogens with one attached hydrogen (secondary N) is 1. The minimum atomic E-state index is -0.385. The Balaban J connectivity index is 3.96. The molecule has 1 amide bonds. The lowest BCUT2D eigenvalue weighted by Gasteiger charge is -2.21. The van der Waals surface area contributed by atoms with Gasteiger partial charge in [0.2, 0.25) is 5.91 Å². The van der Waals surface area contributed by atoms with Crippen molar-refractivity contribution in [2.45, 2.75) is 59.5 Å². The van der Waals surface area contributed by atoms with Crippen LogP contribution < -0.4 is 11.1 Å². The van der Waals surface area contributed by atoms with E-state index in [1.54, 1.807) is 0 Å². The van der Waals surface area contributed by atoms with Crippen molar-refractivity contribution < 1.29 is 4.79 Å². The van der Waals surface area contributed by atoms with E-state index in [1.807, 2.05) is 20.8 Å². The number of hydrogen-bond donors (Lipinski definition) is 2. The quantitative estimate of drug-likeness (QED) is 0.709. The molecule has 90 valence electrons. The fraction of sp³-hybridized carbons (Fsp3) is 0.917. The molecule has 0 rings (SSSR count). The van der Waals surface area contributed by atoms with Crippen molar-refractivity contribution in [2.24, 2.45) is 17.6 Å². The molecule has 0 aromatic carbocycles. The van der Waals surface area contributed by atoms with Crippen LogP contribution in [0.3, 0.4) is 0 Å². The molecule has 0 bridgehead atoms. The van der Waals surface area contributed by atoms with Gasteiger partial charge in [-0.05, 0) is 25.2 Å². The Bertz CT molecular complexity index is 192. The van der Waals surface area contributed by atoms with E-state index in [9.17, 15) is 4.79 Å². The van der Waals surface area contributed by atoms with Gasteiger partial charge in [0.25, 0.3) is 0 Å². The van der Waals surface area contributed by atoms with Gasteiger partial charge in [0.15, 0.2) is 0 Å². The van der Waals surface area contributed by atoms with E-state index in [0.29, 0.717) is 5.92 Å². The minimum absolute atomic E-state index is 0.0270. The fourth-order valence-corrected chi connectivity index (χ4v) is 1.47. The van der Waals surface area contributed by atoms with Crippen LogP contribution in [0.4, 0.5) is 0 Å². The highest BCUT2D eigenvalue weighted by molar-refractivity contribution is 5.81. The van der Waals surface area contributed by atoms with Gasteiger partial charge in [0, 0.05) is 6.04 Å². The predicted molar refractivity (Wildman–Crippen MR) is 64.5 cm³/mol. The minimum Gasteiger partial charge on any atom is -0.352 e. The molecule has 3 nitrogen and oxygen atoms in total. The number of carbonyl (C=O) groups excluding carboxylic acids is 1. The van der Waals surface area contributed by atoms with Gasteiger partial charge in [-0.1, -0.05) is 34.1 Å². The zero-order valence-corrected chi connectivity index (χ0v) is 10.7. The van der Waals surface area contributed by atoms with E-state index in [0.717, 1.165) is 12.8 Å². The molecule has 0 spiro atoms. The van der Waals surface area contributed by atoms with E-state index >= 15 is 0 Å². The molecule has 0 saturated heterocycles. The first-order valence-corrected chi connectivity index (χ1v) is 5.94. The molecule has 3 atom stereocenters. The highest BCUT2D eigenvalue weighted by Gasteiger charge is 2.19. The molecular formula is C12H26N2O. The molecule has 2 unspecified atom stereocenters. The summed E-state index contributed by atoms with van der Waals surface area (Å²) in [7, 11) is 0. The Kier molecular flexibility index (Phi) is 6.57. The Labute approximate surface area is 93.8 Å². The maximum Gasteiger partial charge on any atom is 0.237 e. The monoisotopic (exact) mass is 214 g/mol. The largest absolute Gasteiger partial charge is 0.352 e. The summed E-state index contributed by atoms with van der Waals surface area (Å²) in [5.41, 5.74) is 5.76. The topological polar surface area (TPSA) is 55.1 Å². The fourth-order valence-electron chi connectivity index (χ4n) is 1.47. The van der Waals surface area contributed by atoms with Gasteiger partial charge >= 0.3 is 0 Å². The molecular weight excluding hydrogens is 188 g/mol. The first kappa shape index (κ1) is 14.4. The summed E-state index contributed by atoms with van der Waals surface area (Å²) in [6.07, 6.45) is 2.17. The molecule has 3 N–H and O–H groups in total. The van der Waals surface area contributed by atoms with E-state index in [-0.39, 0.29) is 23.9 Å². The van der Waals surface area contributed by atoms with Crippen molar-refractivity contribution in [3.05, 3.63) is 0 Å².